The highest BCUT2D eigenvalue weighted by atomic mass is 16.6. The van der Waals surface area contributed by atoms with Crippen molar-refractivity contribution in [3.05, 3.63) is 59.7 Å². The van der Waals surface area contributed by atoms with Crippen LogP contribution in [0.3, 0.4) is 0 Å². The van der Waals surface area contributed by atoms with Crippen LogP contribution in [0.2, 0.25) is 0 Å². The van der Waals surface area contributed by atoms with Gasteiger partial charge in [-0.2, -0.15) is 0 Å². The summed E-state index contributed by atoms with van der Waals surface area (Å²) < 4.78 is 23.5. The van der Waals surface area contributed by atoms with Crippen molar-refractivity contribution in [3.8, 4) is 11.5 Å². The molecule has 0 aliphatic carbocycles. The van der Waals surface area contributed by atoms with Crippen LogP contribution in [0.5, 0.6) is 11.5 Å². The number of carbonyl (C=O) groups is 2. The van der Waals surface area contributed by atoms with Gasteiger partial charge in [0.2, 0.25) is 0 Å². The zero-order valence-corrected chi connectivity index (χ0v) is 27.0. The summed E-state index contributed by atoms with van der Waals surface area (Å²) in [6.07, 6.45) is 3.95. The Kier molecular flexibility index (Phi) is 13.2. The van der Waals surface area contributed by atoms with E-state index in [0.29, 0.717) is 51.4 Å². The molecule has 2 fully saturated rings. The van der Waals surface area contributed by atoms with Gasteiger partial charge in [-0.05, 0) is 63.8 Å². The Morgan fingerprint density at radius 1 is 0.750 bits per heavy atom. The highest BCUT2D eigenvalue weighted by molar-refractivity contribution is 5.69. The summed E-state index contributed by atoms with van der Waals surface area (Å²) in [5, 5.41) is 2.88. The lowest BCUT2D eigenvalue weighted by atomic mass is 10.1. The number of para-hydroxylation sites is 2. The average Bonchev–Trinajstić information content (AvgIpc) is 3.90. The number of rotatable bonds is 20. The minimum Gasteiger partial charge on any atom is -0.489 e. The third-order valence-electron chi connectivity index (χ3n) is 8.29. The van der Waals surface area contributed by atoms with Crippen LogP contribution in [0.4, 0.5) is 4.79 Å². The van der Waals surface area contributed by atoms with Crippen molar-refractivity contribution in [2.24, 2.45) is 0 Å². The first-order chi connectivity index (χ1) is 21.3. The van der Waals surface area contributed by atoms with Crippen molar-refractivity contribution in [1.82, 2.24) is 15.1 Å². The van der Waals surface area contributed by atoms with E-state index in [1.54, 1.807) is 0 Å². The van der Waals surface area contributed by atoms with Gasteiger partial charge in [0.25, 0.3) is 0 Å². The topological polar surface area (TPSA) is 89.1 Å². The summed E-state index contributed by atoms with van der Waals surface area (Å²) in [6.45, 7) is 13.0. The highest BCUT2D eigenvalue weighted by Gasteiger charge is 2.33. The molecule has 0 saturated carbocycles. The van der Waals surface area contributed by atoms with Gasteiger partial charge in [-0.25, -0.2) is 4.79 Å². The molecule has 2 aliphatic rings. The lowest BCUT2D eigenvalue weighted by Crippen LogP contribution is -2.36. The van der Waals surface area contributed by atoms with E-state index in [0.717, 1.165) is 67.8 Å². The molecule has 2 aromatic carbocycles. The molecule has 6 atom stereocenters. The van der Waals surface area contributed by atoms with Gasteiger partial charge in [-0.3, -0.25) is 14.6 Å². The van der Waals surface area contributed by atoms with Gasteiger partial charge < -0.3 is 24.3 Å². The van der Waals surface area contributed by atoms with Crippen LogP contribution in [0.25, 0.3) is 0 Å². The molecule has 0 bridgehead atoms. The van der Waals surface area contributed by atoms with Crippen molar-refractivity contribution in [3.63, 3.8) is 0 Å². The normalized spacial score (nSPS) is 21.5. The molecule has 2 aromatic rings. The first-order valence-corrected chi connectivity index (χ1v) is 16.3. The Bertz CT molecular complexity index is 1100. The molecule has 1 N–H and O–H groups in total. The summed E-state index contributed by atoms with van der Waals surface area (Å²) in [5.74, 6) is 1.47. The van der Waals surface area contributed by atoms with Crippen molar-refractivity contribution >= 4 is 12.1 Å². The summed E-state index contributed by atoms with van der Waals surface area (Å²) in [4.78, 5) is 29.6. The third kappa shape index (κ3) is 12.0. The fraction of sp³-hybridized carbons (Fsp3) is 0.600. The van der Waals surface area contributed by atoms with Crippen LogP contribution in [0.15, 0.2) is 48.5 Å². The van der Waals surface area contributed by atoms with Crippen LogP contribution in [0, 0.1) is 13.8 Å². The van der Waals surface area contributed by atoms with Crippen molar-refractivity contribution in [2.45, 2.75) is 90.5 Å². The number of unbranched alkanes of at least 4 members (excludes halogenated alkanes) is 4. The van der Waals surface area contributed by atoms with Crippen LogP contribution in [-0.4, -0.2) is 92.1 Å². The number of alkyl carbamates (subject to hydrolysis) is 1. The number of aryl methyl sites for hydroxylation is 2. The largest absolute Gasteiger partial charge is 0.489 e. The minimum atomic E-state index is -0.404. The number of benzene rings is 2. The number of esters is 1. The molecule has 4 rings (SSSR count). The smallest absolute Gasteiger partial charge is 0.407 e. The molecule has 0 aromatic heterocycles. The zero-order chi connectivity index (χ0) is 31.3. The molecule has 2 saturated heterocycles. The standard InChI is InChI=1S/C35H51N3O6/c1-26-14-9-11-16-32(26)41-24-30(22-37-20-28(37)3)43-34(39)18-8-6-5-7-13-19-36-35(40)44-31(23-38-21-29(38)4)25-42-33-17-12-10-15-27(33)2/h9-12,14-17,28-31H,5-8,13,18-25H2,1-4H3,(H,36,40). The fourth-order valence-electron chi connectivity index (χ4n) is 5.22. The van der Waals surface area contributed by atoms with Gasteiger partial charge in [0.1, 0.15) is 30.8 Å². The molecule has 0 radical (unpaired) electrons. The lowest BCUT2D eigenvalue weighted by molar-refractivity contribution is -0.151. The second-order valence-electron chi connectivity index (χ2n) is 12.3. The molecule has 9 heteroatoms. The number of hydrogen-bond donors (Lipinski definition) is 1. The number of hydrogen-bond acceptors (Lipinski definition) is 8. The van der Waals surface area contributed by atoms with E-state index in [-0.39, 0.29) is 18.2 Å². The van der Waals surface area contributed by atoms with E-state index in [1.807, 2.05) is 62.4 Å². The van der Waals surface area contributed by atoms with E-state index < -0.39 is 6.09 Å². The number of nitrogens with one attached hydrogen (secondary N) is 1. The van der Waals surface area contributed by atoms with E-state index in [9.17, 15) is 9.59 Å². The molecule has 0 spiro atoms. The maximum Gasteiger partial charge on any atom is 0.407 e. The Labute approximate surface area is 263 Å². The number of carbonyl (C=O) groups excluding carboxylic acids is 2. The Morgan fingerprint density at radius 3 is 1.75 bits per heavy atom. The first kappa shape index (κ1) is 33.6. The second-order valence-corrected chi connectivity index (χ2v) is 12.3. The molecule has 9 nitrogen and oxygen atoms in total. The van der Waals surface area contributed by atoms with Gasteiger partial charge >= 0.3 is 12.1 Å². The Morgan fingerprint density at radius 2 is 1.23 bits per heavy atom. The zero-order valence-electron chi connectivity index (χ0n) is 27.0. The summed E-state index contributed by atoms with van der Waals surface area (Å²) >= 11 is 0. The van der Waals surface area contributed by atoms with E-state index in [2.05, 4.69) is 29.0 Å². The monoisotopic (exact) mass is 609 g/mol. The third-order valence-corrected chi connectivity index (χ3v) is 8.29. The quantitative estimate of drug-likeness (QED) is 0.119. The second kappa shape index (κ2) is 17.3. The highest BCUT2D eigenvalue weighted by Crippen LogP contribution is 2.22. The van der Waals surface area contributed by atoms with Gasteiger partial charge in [-0.1, -0.05) is 55.7 Å². The predicted octanol–water partition coefficient (Wildman–Crippen LogP) is 5.52. The first-order valence-electron chi connectivity index (χ1n) is 16.3. The lowest BCUT2D eigenvalue weighted by Gasteiger charge is -2.20. The number of ether oxygens (including phenoxy) is 4. The summed E-state index contributed by atoms with van der Waals surface area (Å²) in [5.41, 5.74) is 2.13. The predicted molar refractivity (Wildman–Crippen MR) is 171 cm³/mol. The van der Waals surface area contributed by atoms with Crippen LogP contribution >= 0.6 is 0 Å². The minimum absolute atomic E-state index is 0.167. The molecule has 6 unspecified atom stereocenters. The van der Waals surface area contributed by atoms with E-state index in [1.165, 1.54) is 0 Å². The van der Waals surface area contributed by atoms with Gasteiger partial charge in [0, 0.05) is 51.2 Å². The SMILES string of the molecule is Cc1ccccc1OCC(CN1CC1C)OC(=O)CCCCCCCNC(=O)OC(COc1ccccc1C)CN1CC1C. The molecular formula is C35H51N3O6. The molecule has 1 amide bonds. The van der Waals surface area contributed by atoms with E-state index in [4.69, 9.17) is 18.9 Å². The molecule has 44 heavy (non-hydrogen) atoms. The van der Waals surface area contributed by atoms with Crippen molar-refractivity contribution in [1.29, 1.82) is 0 Å². The number of amides is 1. The fourth-order valence-corrected chi connectivity index (χ4v) is 5.22. The van der Waals surface area contributed by atoms with E-state index >= 15 is 0 Å². The van der Waals surface area contributed by atoms with Crippen molar-refractivity contribution in [2.75, 3.05) is 45.9 Å². The summed E-state index contributed by atoms with van der Waals surface area (Å²) in [7, 11) is 0. The number of nitrogens with zero attached hydrogens (tertiary/aromatic N) is 2. The molecule has 242 valence electrons. The van der Waals surface area contributed by atoms with Crippen LogP contribution < -0.4 is 14.8 Å². The van der Waals surface area contributed by atoms with Crippen LogP contribution in [0.1, 0.15) is 63.5 Å². The molecule has 2 aliphatic heterocycles. The average molecular weight is 610 g/mol. The molecular weight excluding hydrogens is 558 g/mol. The van der Waals surface area contributed by atoms with Gasteiger partial charge in [0.15, 0.2) is 6.10 Å². The van der Waals surface area contributed by atoms with Crippen molar-refractivity contribution < 1.29 is 28.5 Å². The maximum absolute atomic E-state index is 12.6. The molecule has 2 heterocycles. The van der Waals surface area contributed by atoms with Gasteiger partial charge in [0.05, 0.1) is 0 Å². The van der Waals surface area contributed by atoms with Gasteiger partial charge in [-0.15, -0.1) is 0 Å². The Balaban J connectivity index is 1.06. The maximum atomic E-state index is 12.6. The Hall–Kier alpha value is -3.30. The van der Waals surface area contributed by atoms with Crippen LogP contribution in [-0.2, 0) is 14.3 Å². The summed E-state index contributed by atoms with van der Waals surface area (Å²) in [6, 6.07) is 16.8.